The largest absolute Gasteiger partial charge is 0.480 e. The SMILES string of the molecule is Nc1ccc(F)cc1C(=O)NCC(=O)NCC(=O)O. The number of nitrogens with two attached hydrogens (primary N) is 1. The molecular formula is C11H12FN3O4. The van der Waals surface area contributed by atoms with E-state index in [2.05, 4.69) is 10.6 Å². The lowest BCUT2D eigenvalue weighted by Crippen LogP contribution is -2.39. The molecule has 0 unspecified atom stereocenters. The zero-order chi connectivity index (χ0) is 14.4. The minimum atomic E-state index is -1.20. The first-order valence-corrected chi connectivity index (χ1v) is 5.22. The van der Waals surface area contributed by atoms with Crippen LogP contribution in [0, 0.1) is 5.82 Å². The molecule has 0 atom stereocenters. The van der Waals surface area contributed by atoms with Gasteiger partial charge < -0.3 is 21.5 Å². The molecule has 0 aliphatic rings. The summed E-state index contributed by atoms with van der Waals surface area (Å²) in [7, 11) is 0. The molecule has 19 heavy (non-hydrogen) atoms. The smallest absolute Gasteiger partial charge is 0.322 e. The van der Waals surface area contributed by atoms with E-state index >= 15 is 0 Å². The van der Waals surface area contributed by atoms with E-state index in [1.165, 1.54) is 6.07 Å². The van der Waals surface area contributed by atoms with Gasteiger partial charge in [-0.1, -0.05) is 0 Å². The molecule has 0 spiro atoms. The molecule has 7 nitrogen and oxygen atoms in total. The fraction of sp³-hybridized carbons (Fsp3) is 0.182. The Morgan fingerprint density at radius 2 is 1.89 bits per heavy atom. The molecule has 0 saturated heterocycles. The molecule has 0 aromatic heterocycles. The van der Waals surface area contributed by atoms with Crippen molar-refractivity contribution in [3.8, 4) is 0 Å². The topological polar surface area (TPSA) is 122 Å². The number of hydrogen-bond donors (Lipinski definition) is 4. The number of amides is 2. The van der Waals surface area contributed by atoms with Gasteiger partial charge in [0.2, 0.25) is 5.91 Å². The van der Waals surface area contributed by atoms with Gasteiger partial charge in [0.15, 0.2) is 0 Å². The number of nitrogen functional groups attached to an aromatic ring is 1. The molecule has 8 heteroatoms. The van der Waals surface area contributed by atoms with E-state index in [0.717, 1.165) is 12.1 Å². The summed E-state index contributed by atoms with van der Waals surface area (Å²) in [4.78, 5) is 32.9. The lowest BCUT2D eigenvalue weighted by molar-refractivity contribution is -0.137. The van der Waals surface area contributed by atoms with Crippen molar-refractivity contribution >= 4 is 23.5 Å². The molecule has 5 N–H and O–H groups in total. The van der Waals surface area contributed by atoms with Gasteiger partial charge >= 0.3 is 5.97 Å². The molecule has 0 fully saturated rings. The predicted octanol–water partition coefficient (Wildman–Crippen LogP) is -0.661. The number of hydrogen-bond acceptors (Lipinski definition) is 4. The molecule has 0 heterocycles. The first kappa shape index (κ1) is 14.4. The van der Waals surface area contributed by atoms with Crippen LogP contribution in [-0.2, 0) is 9.59 Å². The maximum atomic E-state index is 12.9. The normalized spacial score (nSPS) is 9.74. The maximum Gasteiger partial charge on any atom is 0.322 e. The molecule has 0 bridgehead atoms. The van der Waals surface area contributed by atoms with Crippen LogP contribution in [-0.4, -0.2) is 36.0 Å². The quantitative estimate of drug-likeness (QED) is 0.529. The molecule has 1 aromatic carbocycles. The van der Waals surface area contributed by atoms with Gasteiger partial charge in [0.05, 0.1) is 12.1 Å². The van der Waals surface area contributed by atoms with Crippen molar-refractivity contribution in [3.05, 3.63) is 29.6 Å². The summed E-state index contributed by atoms with van der Waals surface area (Å²) in [6.07, 6.45) is 0. The van der Waals surface area contributed by atoms with E-state index in [9.17, 15) is 18.8 Å². The van der Waals surface area contributed by atoms with Gasteiger partial charge in [-0.15, -0.1) is 0 Å². The van der Waals surface area contributed by atoms with Gasteiger partial charge in [-0.3, -0.25) is 14.4 Å². The molecule has 0 aliphatic heterocycles. The summed E-state index contributed by atoms with van der Waals surface area (Å²) in [5, 5.41) is 12.6. The summed E-state index contributed by atoms with van der Waals surface area (Å²) in [5.41, 5.74) is 5.47. The monoisotopic (exact) mass is 269 g/mol. The average molecular weight is 269 g/mol. The lowest BCUT2D eigenvalue weighted by Gasteiger charge is -2.07. The number of benzene rings is 1. The summed E-state index contributed by atoms with van der Waals surface area (Å²) >= 11 is 0. The minimum absolute atomic E-state index is 0.0739. The third-order valence-electron chi connectivity index (χ3n) is 2.11. The van der Waals surface area contributed by atoms with Crippen LogP contribution in [0.4, 0.5) is 10.1 Å². The zero-order valence-corrected chi connectivity index (χ0v) is 9.77. The van der Waals surface area contributed by atoms with Crippen molar-refractivity contribution in [2.45, 2.75) is 0 Å². The van der Waals surface area contributed by atoms with Gasteiger partial charge in [0, 0.05) is 5.69 Å². The summed E-state index contributed by atoms with van der Waals surface area (Å²) in [5.74, 6) is -3.23. The van der Waals surface area contributed by atoms with Crippen molar-refractivity contribution in [2.24, 2.45) is 0 Å². The van der Waals surface area contributed by atoms with Gasteiger partial charge in [0.1, 0.15) is 12.4 Å². The number of carboxylic acids is 1. The summed E-state index contributed by atoms with van der Waals surface area (Å²) in [6.45, 7) is -0.973. The maximum absolute atomic E-state index is 12.9. The predicted molar refractivity (Wildman–Crippen MR) is 63.8 cm³/mol. The molecular weight excluding hydrogens is 257 g/mol. The van der Waals surface area contributed by atoms with Crippen molar-refractivity contribution in [3.63, 3.8) is 0 Å². The second-order valence-electron chi connectivity index (χ2n) is 3.58. The zero-order valence-electron chi connectivity index (χ0n) is 9.77. The standard InChI is InChI=1S/C11H12FN3O4/c12-6-1-2-8(13)7(3-6)11(19)15-4-9(16)14-5-10(17)18/h1-3H,4-5,13H2,(H,14,16)(H,15,19)(H,17,18). The van der Waals surface area contributed by atoms with Crippen molar-refractivity contribution < 1.29 is 23.9 Å². The fourth-order valence-corrected chi connectivity index (χ4v) is 1.22. The van der Waals surface area contributed by atoms with Gasteiger partial charge in [0.25, 0.3) is 5.91 Å². The number of aliphatic carboxylic acids is 1. The average Bonchev–Trinajstić information content (AvgIpc) is 2.36. The Labute approximate surface area is 107 Å². The molecule has 1 rings (SSSR count). The molecule has 0 radical (unpaired) electrons. The van der Waals surface area contributed by atoms with E-state index in [0.29, 0.717) is 0 Å². The third-order valence-corrected chi connectivity index (χ3v) is 2.11. The highest BCUT2D eigenvalue weighted by molar-refractivity contribution is 6.00. The van der Waals surface area contributed by atoms with Crippen LogP contribution >= 0.6 is 0 Å². The Morgan fingerprint density at radius 1 is 1.21 bits per heavy atom. The van der Waals surface area contributed by atoms with Gasteiger partial charge in [-0.25, -0.2) is 4.39 Å². The molecule has 0 saturated carbocycles. The van der Waals surface area contributed by atoms with E-state index in [1.807, 2.05) is 0 Å². The minimum Gasteiger partial charge on any atom is -0.480 e. The van der Waals surface area contributed by atoms with Gasteiger partial charge in [-0.05, 0) is 18.2 Å². The highest BCUT2D eigenvalue weighted by Gasteiger charge is 2.12. The van der Waals surface area contributed by atoms with E-state index in [4.69, 9.17) is 10.8 Å². The highest BCUT2D eigenvalue weighted by atomic mass is 19.1. The number of carbonyl (C=O) groups excluding carboxylic acids is 2. The van der Waals surface area contributed by atoms with Crippen LogP contribution in [0.2, 0.25) is 0 Å². The van der Waals surface area contributed by atoms with E-state index in [-0.39, 0.29) is 11.3 Å². The molecule has 1 aromatic rings. The molecule has 0 aliphatic carbocycles. The Kier molecular flexibility index (Phi) is 4.81. The number of carboxylic acid groups (broad SMARTS) is 1. The van der Waals surface area contributed by atoms with Crippen LogP contribution in [0.5, 0.6) is 0 Å². The number of carbonyl (C=O) groups is 3. The Bertz CT molecular complexity index is 519. The van der Waals surface area contributed by atoms with E-state index in [1.54, 1.807) is 0 Å². The summed E-state index contributed by atoms with van der Waals surface area (Å²) < 4.78 is 12.9. The fourth-order valence-electron chi connectivity index (χ4n) is 1.22. The Balaban J connectivity index is 2.53. The molecule has 102 valence electrons. The van der Waals surface area contributed by atoms with E-state index < -0.39 is 36.7 Å². The number of rotatable bonds is 5. The third kappa shape index (κ3) is 4.62. The lowest BCUT2D eigenvalue weighted by atomic mass is 10.1. The first-order valence-electron chi connectivity index (χ1n) is 5.22. The number of halogens is 1. The van der Waals surface area contributed by atoms with Gasteiger partial charge in [-0.2, -0.15) is 0 Å². The van der Waals surface area contributed by atoms with Crippen LogP contribution in [0.3, 0.4) is 0 Å². The molecule has 2 amide bonds. The van der Waals surface area contributed by atoms with Crippen LogP contribution in [0.15, 0.2) is 18.2 Å². The van der Waals surface area contributed by atoms with Crippen LogP contribution < -0.4 is 16.4 Å². The first-order chi connectivity index (χ1) is 8.90. The highest BCUT2D eigenvalue weighted by Crippen LogP contribution is 2.12. The Hall–Kier alpha value is -2.64. The Morgan fingerprint density at radius 3 is 2.53 bits per heavy atom. The number of anilines is 1. The van der Waals surface area contributed by atoms with Crippen LogP contribution in [0.1, 0.15) is 10.4 Å². The second kappa shape index (κ2) is 6.34. The van der Waals surface area contributed by atoms with Crippen molar-refractivity contribution in [1.82, 2.24) is 10.6 Å². The van der Waals surface area contributed by atoms with Crippen LogP contribution in [0.25, 0.3) is 0 Å². The van der Waals surface area contributed by atoms with Crippen molar-refractivity contribution in [1.29, 1.82) is 0 Å². The second-order valence-corrected chi connectivity index (χ2v) is 3.58. The van der Waals surface area contributed by atoms with Crippen molar-refractivity contribution in [2.75, 3.05) is 18.8 Å². The summed E-state index contributed by atoms with van der Waals surface area (Å²) in [6, 6.07) is 3.28. The number of nitrogens with one attached hydrogen (secondary N) is 2.